The Morgan fingerprint density at radius 1 is 1.43 bits per heavy atom. The van der Waals surface area contributed by atoms with E-state index in [-0.39, 0.29) is 57.8 Å². The summed E-state index contributed by atoms with van der Waals surface area (Å²) < 4.78 is 30.0. The quantitative estimate of drug-likeness (QED) is 0.318. The van der Waals surface area contributed by atoms with E-state index in [0.717, 1.165) is 6.92 Å². The van der Waals surface area contributed by atoms with Crippen LogP contribution in [0.1, 0.15) is 26.7 Å². The van der Waals surface area contributed by atoms with Crippen LogP contribution in [0.25, 0.3) is 0 Å². The van der Waals surface area contributed by atoms with Gasteiger partial charge in [0.25, 0.3) is 10.1 Å². The molecule has 0 radical (unpaired) electrons. The summed E-state index contributed by atoms with van der Waals surface area (Å²) in [5.41, 5.74) is -0.440. The summed E-state index contributed by atoms with van der Waals surface area (Å²) in [7, 11) is -4.41. The van der Waals surface area contributed by atoms with Crippen molar-refractivity contribution in [2.24, 2.45) is 0 Å². The van der Waals surface area contributed by atoms with E-state index in [1.807, 2.05) is 0 Å². The van der Waals surface area contributed by atoms with E-state index >= 15 is 0 Å². The number of aliphatic carboxylic acids is 1. The molecule has 0 bridgehead atoms. The smallest absolute Gasteiger partial charge is 0.545 e. The van der Waals surface area contributed by atoms with Crippen LogP contribution in [0.2, 0.25) is 0 Å². The van der Waals surface area contributed by atoms with Gasteiger partial charge in [-0.2, -0.15) is 8.42 Å². The molecule has 14 heavy (non-hydrogen) atoms. The standard InChI is InChI=1S/C7H12O5S.K/c1-3-4-6(13(10,11)12)5(2)7(8)9;/h3-4H2,1-2H3,(H,8,9)(H,10,11,12);/q;+1/p-1/b6-5-;. The van der Waals surface area contributed by atoms with Crippen LogP contribution in [0.15, 0.2) is 10.5 Å². The molecule has 0 atom stereocenters. The van der Waals surface area contributed by atoms with Crippen molar-refractivity contribution < 1.29 is 74.3 Å². The molecule has 0 aliphatic heterocycles. The van der Waals surface area contributed by atoms with Gasteiger partial charge in [-0.25, -0.2) is 0 Å². The summed E-state index contributed by atoms with van der Waals surface area (Å²) >= 11 is 0. The molecule has 0 fully saturated rings. The molecule has 0 aliphatic carbocycles. The third-order valence-corrected chi connectivity index (χ3v) is 2.65. The minimum Gasteiger partial charge on any atom is -0.545 e. The Bertz CT molecular complexity index is 330. The molecule has 0 heterocycles. The van der Waals surface area contributed by atoms with Gasteiger partial charge in [-0.05, 0) is 18.9 Å². The monoisotopic (exact) mass is 246 g/mol. The van der Waals surface area contributed by atoms with Gasteiger partial charge in [-0.1, -0.05) is 13.3 Å². The van der Waals surface area contributed by atoms with Crippen molar-refractivity contribution in [2.45, 2.75) is 26.7 Å². The van der Waals surface area contributed by atoms with E-state index in [2.05, 4.69) is 0 Å². The zero-order valence-corrected chi connectivity index (χ0v) is 12.3. The van der Waals surface area contributed by atoms with Crippen LogP contribution in [0.3, 0.4) is 0 Å². The fraction of sp³-hybridized carbons (Fsp3) is 0.571. The first-order valence-corrected chi connectivity index (χ1v) is 5.13. The summed E-state index contributed by atoms with van der Waals surface area (Å²) in [5, 5.41) is 10.3. The molecule has 0 spiro atoms. The van der Waals surface area contributed by atoms with Crippen molar-refractivity contribution in [1.82, 2.24) is 0 Å². The summed E-state index contributed by atoms with van der Waals surface area (Å²) in [4.78, 5) is 9.84. The van der Waals surface area contributed by atoms with E-state index in [1.165, 1.54) is 0 Å². The summed E-state index contributed by atoms with van der Waals surface area (Å²) in [5.74, 6) is -1.58. The van der Waals surface area contributed by atoms with Gasteiger partial charge in [0, 0.05) is 0 Å². The second-order valence-electron chi connectivity index (χ2n) is 2.56. The predicted octanol–water partition coefficient (Wildman–Crippen LogP) is -3.30. The number of carboxylic acids is 1. The van der Waals surface area contributed by atoms with Crippen LogP contribution < -0.4 is 56.5 Å². The van der Waals surface area contributed by atoms with Crippen molar-refractivity contribution >= 4 is 16.1 Å². The first kappa shape index (κ1) is 17.2. The molecule has 0 saturated carbocycles. The number of hydrogen-bond acceptors (Lipinski definition) is 4. The molecular weight excluding hydrogens is 235 g/mol. The Labute approximate surface area is 126 Å². The largest absolute Gasteiger partial charge is 1.00 e. The Morgan fingerprint density at radius 3 is 2.07 bits per heavy atom. The number of carboxylic acid groups (broad SMARTS) is 1. The van der Waals surface area contributed by atoms with Gasteiger partial charge in [0.15, 0.2) is 0 Å². The van der Waals surface area contributed by atoms with Gasteiger partial charge in [0.1, 0.15) is 0 Å². The molecule has 76 valence electrons. The Morgan fingerprint density at radius 2 is 1.86 bits per heavy atom. The van der Waals surface area contributed by atoms with Crippen molar-refractivity contribution in [1.29, 1.82) is 0 Å². The summed E-state index contributed by atoms with van der Waals surface area (Å²) in [6.45, 7) is 2.77. The molecular formula is C7H11KO5S. The van der Waals surface area contributed by atoms with Crippen LogP contribution in [0, 0.1) is 0 Å². The molecule has 0 aromatic rings. The van der Waals surface area contributed by atoms with E-state index in [9.17, 15) is 18.3 Å². The third kappa shape index (κ3) is 5.59. The normalized spacial score (nSPS) is 12.8. The second kappa shape index (κ2) is 7.10. The van der Waals surface area contributed by atoms with Gasteiger partial charge >= 0.3 is 51.4 Å². The fourth-order valence-electron chi connectivity index (χ4n) is 0.851. The number of allylic oxidation sites excluding steroid dienone is 1. The van der Waals surface area contributed by atoms with Crippen molar-refractivity contribution in [3.8, 4) is 0 Å². The molecule has 0 saturated heterocycles. The Balaban J connectivity index is 0. The predicted molar refractivity (Wildman–Crippen MR) is 44.2 cm³/mol. The van der Waals surface area contributed by atoms with Gasteiger partial charge < -0.3 is 9.90 Å². The number of rotatable bonds is 4. The van der Waals surface area contributed by atoms with Gasteiger partial charge in [0.05, 0.1) is 10.9 Å². The zero-order chi connectivity index (χ0) is 10.6. The maximum atomic E-state index is 10.7. The average molecular weight is 246 g/mol. The fourth-order valence-corrected chi connectivity index (χ4v) is 1.78. The number of hydrogen-bond donors (Lipinski definition) is 1. The molecule has 0 aromatic carbocycles. The van der Waals surface area contributed by atoms with Crippen LogP contribution in [0.4, 0.5) is 0 Å². The molecule has 1 N–H and O–H groups in total. The minimum atomic E-state index is -4.41. The van der Waals surface area contributed by atoms with Crippen LogP contribution in [-0.2, 0) is 14.9 Å². The van der Waals surface area contributed by atoms with E-state index in [0.29, 0.717) is 6.42 Å². The maximum absolute atomic E-state index is 10.7. The SMILES string of the molecule is CCC/C(=C(\C)C(=O)[O-])S(=O)(=O)O.[K+]. The molecule has 0 aliphatic rings. The minimum absolute atomic E-state index is 0. The van der Waals surface area contributed by atoms with Crippen molar-refractivity contribution in [3.63, 3.8) is 0 Å². The van der Waals surface area contributed by atoms with Gasteiger partial charge in [-0.3, -0.25) is 4.55 Å². The van der Waals surface area contributed by atoms with E-state index < -0.39 is 26.6 Å². The number of carbonyl (C=O) groups excluding carboxylic acids is 1. The van der Waals surface area contributed by atoms with Crippen molar-refractivity contribution in [3.05, 3.63) is 10.5 Å². The Kier molecular flexibility index (Phi) is 8.70. The molecule has 0 aromatic heterocycles. The summed E-state index contributed by atoms with van der Waals surface area (Å²) in [6.07, 6.45) is 0.429. The average Bonchev–Trinajstić information content (AvgIpc) is 1.96. The maximum Gasteiger partial charge on any atom is 1.00 e. The number of carbonyl (C=O) groups is 1. The van der Waals surface area contributed by atoms with E-state index in [1.54, 1.807) is 6.92 Å². The van der Waals surface area contributed by atoms with Gasteiger partial charge in [0.2, 0.25) is 0 Å². The molecule has 0 unspecified atom stereocenters. The zero-order valence-electron chi connectivity index (χ0n) is 8.40. The first-order chi connectivity index (χ1) is 5.80. The molecule has 0 rings (SSSR count). The summed E-state index contributed by atoms with van der Waals surface area (Å²) in [6, 6.07) is 0. The molecule has 5 nitrogen and oxygen atoms in total. The van der Waals surface area contributed by atoms with Crippen molar-refractivity contribution in [2.75, 3.05) is 0 Å². The Hall–Kier alpha value is 0.756. The first-order valence-electron chi connectivity index (χ1n) is 3.69. The van der Waals surface area contributed by atoms with Crippen LogP contribution in [-0.4, -0.2) is 18.9 Å². The third-order valence-electron chi connectivity index (χ3n) is 1.51. The molecule has 7 heteroatoms. The van der Waals surface area contributed by atoms with Crippen LogP contribution >= 0.6 is 0 Å². The van der Waals surface area contributed by atoms with Gasteiger partial charge in [-0.15, -0.1) is 0 Å². The van der Waals surface area contributed by atoms with E-state index in [4.69, 9.17) is 4.55 Å². The second-order valence-corrected chi connectivity index (χ2v) is 4.00. The molecule has 0 amide bonds. The topological polar surface area (TPSA) is 94.5 Å². The van der Waals surface area contributed by atoms with Crippen LogP contribution in [0.5, 0.6) is 0 Å².